The summed E-state index contributed by atoms with van der Waals surface area (Å²) in [4.78, 5) is 12.3. The van der Waals surface area contributed by atoms with Gasteiger partial charge in [-0.15, -0.1) is 10.2 Å². The predicted molar refractivity (Wildman–Crippen MR) is 95.2 cm³/mol. The number of aromatic nitrogens is 3. The number of fused-ring (bicyclic) bond motifs is 4. The van der Waals surface area contributed by atoms with E-state index in [4.69, 9.17) is 5.10 Å². The van der Waals surface area contributed by atoms with Crippen molar-refractivity contribution in [2.24, 2.45) is 5.92 Å². The summed E-state index contributed by atoms with van der Waals surface area (Å²) in [6.07, 6.45) is 15.3. The van der Waals surface area contributed by atoms with E-state index in [1.807, 2.05) is 0 Å². The molecule has 5 nitrogen and oxygen atoms in total. The van der Waals surface area contributed by atoms with E-state index in [1.54, 1.807) is 0 Å². The largest absolute Gasteiger partial charge is 0.350 e. The second-order valence-electron chi connectivity index (χ2n) is 9.08. The van der Waals surface area contributed by atoms with Gasteiger partial charge < -0.3 is 9.88 Å². The van der Waals surface area contributed by atoms with Crippen LogP contribution in [0.25, 0.3) is 0 Å². The molecule has 0 aromatic carbocycles. The fourth-order valence-corrected chi connectivity index (χ4v) is 5.47. The molecule has 1 aromatic heterocycles. The molecule has 1 aliphatic heterocycles. The first-order valence-electron chi connectivity index (χ1n) is 10.4. The lowest BCUT2D eigenvalue weighted by Crippen LogP contribution is -2.58. The van der Waals surface area contributed by atoms with Crippen LogP contribution in [0.3, 0.4) is 0 Å². The zero-order valence-electron chi connectivity index (χ0n) is 15.2. The fourth-order valence-electron chi connectivity index (χ4n) is 5.47. The summed E-state index contributed by atoms with van der Waals surface area (Å²) in [5, 5.41) is 12.7. The molecule has 1 aromatic rings. The molecule has 5 heteroatoms. The van der Waals surface area contributed by atoms with Gasteiger partial charge in [0.25, 0.3) is 0 Å². The number of nitrogens with zero attached hydrogens (tertiary/aromatic N) is 3. The molecule has 5 aliphatic rings. The molecule has 4 saturated carbocycles. The SMILES string of the molecule is O=C(NC12CCC(c3nnc4n3CCCCCC4)(CC1)CC2)C1CC1. The number of aryl methyl sites for hydroxylation is 1. The van der Waals surface area contributed by atoms with Crippen molar-refractivity contribution in [3.05, 3.63) is 11.6 Å². The number of carbonyl (C=O) groups is 1. The molecule has 4 aliphatic carbocycles. The molecule has 0 radical (unpaired) electrons. The molecule has 4 fully saturated rings. The molecule has 0 unspecified atom stereocenters. The Bertz CT molecular complexity index is 651. The van der Waals surface area contributed by atoms with Gasteiger partial charge in [-0.3, -0.25) is 4.79 Å². The van der Waals surface area contributed by atoms with Gasteiger partial charge in [0.15, 0.2) is 0 Å². The first-order chi connectivity index (χ1) is 12.2. The lowest BCUT2D eigenvalue weighted by atomic mass is 9.56. The Kier molecular flexibility index (Phi) is 3.68. The number of hydrogen-bond donors (Lipinski definition) is 1. The Balaban J connectivity index is 1.36. The zero-order chi connectivity index (χ0) is 16.9. The average molecular weight is 342 g/mol. The van der Waals surface area contributed by atoms with Crippen LogP contribution >= 0.6 is 0 Å². The minimum atomic E-state index is 0.0839. The molecule has 2 bridgehead atoms. The minimum Gasteiger partial charge on any atom is -0.350 e. The van der Waals surface area contributed by atoms with Crippen molar-refractivity contribution >= 4 is 5.91 Å². The Morgan fingerprint density at radius 3 is 2.40 bits per heavy atom. The second-order valence-corrected chi connectivity index (χ2v) is 9.08. The van der Waals surface area contributed by atoms with Crippen molar-refractivity contribution in [3.63, 3.8) is 0 Å². The van der Waals surface area contributed by atoms with Gasteiger partial charge in [0.1, 0.15) is 11.6 Å². The monoisotopic (exact) mass is 342 g/mol. The Morgan fingerprint density at radius 1 is 0.960 bits per heavy atom. The highest BCUT2D eigenvalue weighted by atomic mass is 16.2. The van der Waals surface area contributed by atoms with Gasteiger partial charge in [-0.1, -0.05) is 12.8 Å². The van der Waals surface area contributed by atoms with Gasteiger partial charge >= 0.3 is 0 Å². The Labute approximate surface area is 150 Å². The standard InChI is InChI=1S/C20H30N4O/c25-17(15-6-7-15)21-20-11-8-19(9-12-20,10-13-20)18-23-22-16-5-3-1-2-4-14-24(16)18/h15H,1-14H2,(H,21,25). The first-order valence-corrected chi connectivity index (χ1v) is 10.4. The van der Waals surface area contributed by atoms with Crippen LogP contribution in [-0.4, -0.2) is 26.2 Å². The van der Waals surface area contributed by atoms with Gasteiger partial charge in [0.05, 0.1) is 0 Å². The quantitative estimate of drug-likeness (QED) is 0.917. The number of nitrogens with one attached hydrogen (secondary N) is 1. The van der Waals surface area contributed by atoms with Crippen molar-refractivity contribution in [3.8, 4) is 0 Å². The summed E-state index contributed by atoms with van der Waals surface area (Å²) in [6, 6.07) is 0. The highest BCUT2D eigenvalue weighted by Gasteiger charge is 2.52. The van der Waals surface area contributed by atoms with Gasteiger partial charge in [-0.2, -0.15) is 0 Å². The first kappa shape index (κ1) is 15.8. The number of rotatable bonds is 3. The molecule has 0 atom stereocenters. The van der Waals surface area contributed by atoms with E-state index in [-0.39, 0.29) is 11.0 Å². The summed E-state index contributed by atoms with van der Waals surface area (Å²) in [6.45, 7) is 1.10. The molecule has 25 heavy (non-hydrogen) atoms. The van der Waals surface area contributed by atoms with Gasteiger partial charge in [-0.05, 0) is 64.2 Å². The van der Waals surface area contributed by atoms with E-state index in [0.717, 1.165) is 64.3 Å². The third kappa shape index (κ3) is 2.70. The summed E-state index contributed by atoms with van der Waals surface area (Å²) < 4.78 is 2.47. The molecule has 0 saturated heterocycles. The van der Waals surface area contributed by atoms with Crippen LogP contribution in [0.15, 0.2) is 0 Å². The summed E-state index contributed by atoms with van der Waals surface area (Å²) in [5.74, 6) is 3.13. The fraction of sp³-hybridized carbons (Fsp3) is 0.850. The van der Waals surface area contributed by atoms with E-state index >= 15 is 0 Å². The molecule has 1 N–H and O–H groups in total. The normalized spacial score (nSPS) is 34.9. The molecule has 6 rings (SSSR count). The van der Waals surface area contributed by atoms with E-state index in [1.165, 1.54) is 37.3 Å². The lowest BCUT2D eigenvalue weighted by Gasteiger charge is -2.53. The van der Waals surface area contributed by atoms with Crippen molar-refractivity contribution in [2.45, 2.75) is 101 Å². The van der Waals surface area contributed by atoms with Crippen LogP contribution < -0.4 is 5.32 Å². The van der Waals surface area contributed by atoms with Crippen molar-refractivity contribution < 1.29 is 4.79 Å². The van der Waals surface area contributed by atoms with Crippen LogP contribution in [0.4, 0.5) is 0 Å². The van der Waals surface area contributed by atoms with Gasteiger partial charge in [-0.25, -0.2) is 0 Å². The van der Waals surface area contributed by atoms with Crippen LogP contribution in [0.1, 0.15) is 88.7 Å². The van der Waals surface area contributed by atoms with E-state index in [2.05, 4.69) is 15.0 Å². The third-order valence-corrected chi connectivity index (χ3v) is 7.42. The Morgan fingerprint density at radius 2 is 1.68 bits per heavy atom. The van der Waals surface area contributed by atoms with Crippen molar-refractivity contribution in [1.82, 2.24) is 20.1 Å². The van der Waals surface area contributed by atoms with Crippen molar-refractivity contribution in [2.75, 3.05) is 0 Å². The van der Waals surface area contributed by atoms with Gasteiger partial charge in [0.2, 0.25) is 5.91 Å². The van der Waals surface area contributed by atoms with Crippen LogP contribution in [0.5, 0.6) is 0 Å². The average Bonchev–Trinajstić information content (AvgIpc) is 3.39. The van der Waals surface area contributed by atoms with Crippen LogP contribution in [-0.2, 0) is 23.2 Å². The van der Waals surface area contributed by atoms with Crippen molar-refractivity contribution in [1.29, 1.82) is 0 Å². The summed E-state index contributed by atoms with van der Waals surface area (Å²) in [5.41, 5.74) is 0.303. The van der Waals surface area contributed by atoms with E-state index in [0.29, 0.717) is 11.8 Å². The van der Waals surface area contributed by atoms with E-state index in [9.17, 15) is 4.79 Å². The smallest absolute Gasteiger partial charge is 0.223 e. The molecule has 136 valence electrons. The number of carbonyl (C=O) groups excluding carboxylic acids is 1. The highest BCUT2D eigenvalue weighted by Crippen LogP contribution is 2.53. The summed E-state index contributed by atoms with van der Waals surface area (Å²) >= 11 is 0. The maximum Gasteiger partial charge on any atom is 0.223 e. The molecular formula is C20H30N4O. The lowest BCUT2D eigenvalue weighted by molar-refractivity contribution is -0.126. The maximum atomic E-state index is 12.3. The second kappa shape index (κ2) is 5.82. The molecule has 0 spiro atoms. The topological polar surface area (TPSA) is 59.8 Å². The summed E-state index contributed by atoms with van der Waals surface area (Å²) in [7, 11) is 0. The van der Waals surface area contributed by atoms with Gasteiger partial charge in [0, 0.05) is 29.8 Å². The third-order valence-electron chi connectivity index (χ3n) is 7.42. The predicted octanol–water partition coefficient (Wildman–Crippen LogP) is 3.27. The number of amides is 1. The molecular weight excluding hydrogens is 312 g/mol. The Hall–Kier alpha value is -1.39. The maximum absolute atomic E-state index is 12.3. The minimum absolute atomic E-state index is 0.0839. The van der Waals surface area contributed by atoms with Crippen LogP contribution in [0, 0.1) is 5.92 Å². The molecule has 2 heterocycles. The molecule has 1 amide bonds. The van der Waals surface area contributed by atoms with E-state index < -0.39 is 0 Å². The zero-order valence-corrected chi connectivity index (χ0v) is 15.2. The number of hydrogen-bond acceptors (Lipinski definition) is 3. The van der Waals surface area contributed by atoms with Crippen LogP contribution in [0.2, 0.25) is 0 Å². The highest BCUT2D eigenvalue weighted by molar-refractivity contribution is 5.81.